The number of carbonyl (C=O) groups is 2. The Hall–Kier alpha value is -3.02. The first-order valence-electron chi connectivity index (χ1n) is 8.59. The smallest absolute Gasteiger partial charge is 0.265 e. The number of carbonyl (C=O) groups excluding carboxylic acids is 2. The molecule has 2 amide bonds. The first-order chi connectivity index (χ1) is 12.6. The standard InChI is InChI=1S/C20H22N2O4/c1-14(26-18-7-4-3-6-17(18)25-2)20(24)21-15-9-11-16(12-10-15)22-13-5-8-19(22)23/h3-4,6-7,9-12,14H,5,8,13H2,1-2H3,(H,21,24). The number of nitrogens with zero attached hydrogens (tertiary/aromatic N) is 1. The van der Waals surface area contributed by atoms with Crippen molar-refractivity contribution in [1.82, 2.24) is 0 Å². The summed E-state index contributed by atoms with van der Waals surface area (Å²) in [6.45, 7) is 2.42. The van der Waals surface area contributed by atoms with E-state index in [1.54, 1.807) is 43.2 Å². The highest BCUT2D eigenvalue weighted by molar-refractivity contribution is 5.96. The van der Waals surface area contributed by atoms with Crippen LogP contribution in [0.15, 0.2) is 48.5 Å². The first-order valence-corrected chi connectivity index (χ1v) is 8.59. The highest BCUT2D eigenvalue weighted by Crippen LogP contribution is 2.27. The molecule has 136 valence electrons. The van der Waals surface area contributed by atoms with Crippen LogP contribution in [-0.4, -0.2) is 31.6 Å². The lowest BCUT2D eigenvalue weighted by atomic mass is 10.2. The minimum absolute atomic E-state index is 0.139. The Morgan fingerprint density at radius 2 is 1.81 bits per heavy atom. The molecule has 1 aliphatic heterocycles. The number of para-hydroxylation sites is 2. The number of amides is 2. The van der Waals surface area contributed by atoms with Gasteiger partial charge in [0.15, 0.2) is 17.6 Å². The van der Waals surface area contributed by atoms with Crippen molar-refractivity contribution in [3.63, 3.8) is 0 Å². The number of anilines is 2. The molecule has 1 fully saturated rings. The molecule has 1 N–H and O–H groups in total. The van der Waals surface area contributed by atoms with Crippen LogP contribution >= 0.6 is 0 Å². The van der Waals surface area contributed by atoms with Crippen LogP contribution in [0, 0.1) is 0 Å². The Morgan fingerprint density at radius 1 is 1.12 bits per heavy atom. The fourth-order valence-corrected chi connectivity index (χ4v) is 2.85. The fourth-order valence-electron chi connectivity index (χ4n) is 2.85. The van der Waals surface area contributed by atoms with E-state index in [1.807, 2.05) is 24.3 Å². The van der Waals surface area contributed by atoms with Crippen molar-refractivity contribution < 1.29 is 19.1 Å². The number of hydrogen-bond acceptors (Lipinski definition) is 4. The molecule has 0 aromatic heterocycles. The summed E-state index contributed by atoms with van der Waals surface area (Å²) in [4.78, 5) is 25.9. The number of nitrogens with one attached hydrogen (secondary N) is 1. The summed E-state index contributed by atoms with van der Waals surface area (Å²) in [5, 5.41) is 2.82. The zero-order valence-corrected chi connectivity index (χ0v) is 14.9. The molecule has 1 aliphatic rings. The van der Waals surface area contributed by atoms with Crippen molar-refractivity contribution in [1.29, 1.82) is 0 Å². The van der Waals surface area contributed by atoms with E-state index < -0.39 is 6.10 Å². The average molecular weight is 354 g/mol. The van der Waals surface area contributed by atoms with Crippen molar-refractivity contribution in [2.45, 2.75) is 25.9 Å². The zero-order chi connectivity index (χ0) is 18.5. The molecule has 1 atom stereocenters. The van der Waals surface area contributed by atoms with Gasteiger partial charge in [0.05, 0.1) is 7.11 Å². The summed E-state index contributed by atoms with van der Waals surface area (Å²) >= 11 is 0. The Balaban J connectivity index is 1.61. The number of hydrogen-bond donors (Lipinski definition) is 1. The molecule has 6 nitrogen and oxygen atoms in total. The lowest BCUT2D eigenvalue weighted by Crippen LogP contribution is -2.30. The van der Waals surface area contributed by atoms with Gasteiger partial charge in [-0.15, -0.1) is 0 Å². The molecule has 2 aromatic rings. The van der Waals surface area contributed by atoms with Crippen LogP contribution in [0.25, 0.3) is 0 Å². The third kappa shape index (κ3) is 3.96. The Morgan fingerprint density at radius 3 is 2.42 bits per heavy atom. The first kappa shape index (κ1) is 17.8. The maximum absolute atomic E-state index is 12.4. The minimum atomic E-state index is -0.689. The number of rotatable bonds is 6. The average Bonchev–Trinajstić information content (AvgIpc) is 3.08. The van der Waals surface area contributed by atoms with Crippen LogP contribution in [-0.2, 0) is 9.59 Å². The molecule has 2 aromatic carbocycles. The van der Waals surface area contributed by atoms with Crippen LogP contribution in [0.3, 0.4) is 0 Å². The third-order valence-electron chi connectivity index (χ3n) is 4.26. The van der Waals surface area contributed by atoms with Gasteiger partial charge in [-0.05, 0) is 49.7 Å². The summed E-state index contributed by atoms with van der Waals surface area (Å²) in [6, 6.07) is 14.4. The van der Waals surface area contributed by atoms with Crippen molar-refractivity contribution in [3.05, 3.63) is 48.5 Å². The van der Waals surface area contributed by atoms with Gasteiger partial charge in [0.1, 0.15) is 0 Å². The molecule has 0 saturated carbocycles. The van der Waals surface area contributed by atoms with Gasteiger partial charge in [0, 0.05) is 24.3 Å². The van der Waals surface area contributed by atoms with Gasteiger partial charge in [-0.25, -0.2) is 0 Å². The van der Waals surface area contributed by atoms with Crippen LogP contribution < -0.4 is 19.7 Å². The van der Waals surface area contributed by atoms with E-state index in [4.69, 9.17) is 9.47 Å². The van der Waals surface area contributed by atoms with E-state index in [1.165, 1.54) is 0 Å². The molecular weight excluding hydrogens is 332 g/mol. The molecule has 6 heteroatoms. The third-order valence-corrected chi connectivity index (χ3v) is 4.26. The normalized spacial score (nSPS) is 14.8. The molecule has 3 rings (SSSR count). The molecule has 26 heavy (non-hydrogen) atoms. The van der Waals surface area contributed by atoms with Crippen LogP contribution in [0.4, 0.5) is 11.4 Å². The molecule has 0 bridgehead atoms. The summed E-state index contributed by atoms with van der Waals surface area (Å²) in [5.41, 5.74) is 1.50. The largest absolute Gasteiger partial charge is 0.493 e. The monoisotopic (exact) mass is 354 g/mol. The van der Waals surface area contributed by atoms with Gasteiger partial charge < -0.3 is 19.7 Å². The lowest BCUT2D eigenvalue weighted by Gasteiger charge is -2.18. The maximum Gasteiger partial charge on any atom is 0.265 e. The summed E-state index contributed by atoms with van der Waals surface area (Å²) in [5.74, 6) is 0.967. The van der Waals surface area contributed by atoms with Gasteiger partial charge in [-0.2, -0.15) is 0 Å². The van der Waals surface area contributed by atoms with E-state index >= 15 is 0 Å². The van der Waals surface area contributed by atoms with E-state index in [9.17, 15) is 9.59 Å². The van der Waals surface area contributed by atoms with Crippen molar-refractivity contribution in [2.75, 3.05) is 23.9 Å². The number of methoxy groups -OCH3 is 1. The highest BCUT2D eigenvalue weighted by Gasteiger charge is 2.22. The lowest BCUT2D eigenvalue weighted by molar-refractivity contribution is -0.122. The second kappa shape index (κ2) is 7.91. The van der Waals surface area contributed by atoms with Crippen molar-refractivity contribution in [2.24, 2.45) is 0 Å². The quantitative estimate of drug-likeness (QED) is 0.865. The highest BCUT2D eigenvalue weighted by atomic mass is 16.5. The van der Waals surface area contributed by atoms with E-state index in [0.717, 1.165) is 18.7 Å². The summed E-state index contributed by atoms with van der Waals surface area (Å²) in [7, 11) is 1.56. The molecular formula is C20H22N2O4. The maximum atomic E-state index is 12.4. The topological polar surface area (TPSA) is 67.9 Å². The van der Waals surface area contributed by atoms with E-state index in [2.05, 4.69) is 5.32 Å². The van der Waals surface area contributed by atoms with Crippen molar-refractivity contribution >= 4 is 23.2 Å². The van der Waals surface area contributed by atoms with E-state index in [0.29, 0.717) is 23.6 Å². The second-order valence-electron chi connectivity index (χ2n) is 6.10. The predicted octanol–water partition coefficient (Wildman–Crippen LogP) is 3.23. The van der Waals surface area contributed by atoms with E-state index in [-0.39, 0.29) is 11.8 Å². The molecule has 1 heterocycles. The van der Waals surface area contributed by atoms with Gasteiger partial charge in [-0.3, -0.25) is 9.59 Å². The molecule has 1 saturated heterocycles. The molecule has 1 unspecified atom stereocenters. The van der Waals surface area contributed by atoms with Crippen molar-refractivity contribution in [3.8, 4) is 11.5 Å². The van der Waals surface area contributed by atoms with Gasteiger partial charge >= 0.3 is 0 Å². The van der Waals surface area contributed by atoms with Gasteiger partial charge in [0.25, 0.3) is 5.91 Å². The second-order valence-corrected chi connectivity index (χ2v) is 6.10. The SMILES string of the molecule is COc1ccccc1OC(C)C(=O)Nc1ccc(N2CCCC2=O)cc1. The number of ether oxygens (including phenoxy) is 2. The molecule has 0 radical (unpaired) electrons. The Labute approximate surface area is 152 Å². The van der Waals surface area contributed by atoms with Crippen LogP contribution in [0.2, 0.25) is 0 Å². The number of benzene rings is 2. The predicted molar refractivity (Wildman–Crippen MR) is 99.7 cm³/mol. The fraction of sp³-hybridized carbons (Fsp3) is 0.300. The van der Waals surface area contributed by atoms with Crippen LogP contribution in [0.5, 0.6) is 11.5 Å². The summed E-state index contributed by atoms with van der Waals surface area (Å²) in [6.07, 6.45) is 0.789. The summed E-state index contributed by atoms with van der Waals surface area (Å²) < 4.78 is 10.9. The Kier molecular flexibility index (Phi) is 5.41. The molecule has 0 aliphatic carbocycles. The zero-order valence-electron chi connectivity index (χ0n) is 14.9. The minimum Gasteiger partial charge on any atom is -0.493 e. The molecule has 0 spiro atoms. The Bertz CT molecular complexity index is 789. The van der Waals surface area contributed by atoms with Gasteiger partial charge in [-0.1, -0.05) is 12.1 Å². The van der Waals surface area contributed by atoms with Gasteiger partial charge in [0.2, 0.25) is 5.91 Å². The van der Waals surface area contributed by atoms with Crippen LogP contribution in [0.1, 0.15) is 19.8 Å².